The topological polar surface area (TPSA) is 152 Å². The number of terminal acetylenes is 2. The number of aliphatic hydroxyl groups is 3. The van der Waals surface area contributed by atoms with Crippen LogP contribution in [-0.2, 0) is 43.5 Å². The van der Waals surface area contributed by atoms with E-state index in [0.29, 0.717) is 74.6 Å². The van der Waals surface area contributed by atoms with Crippen molar-refractivity contribution in [2.24, 2.45) is 22.7 Å². The third-order valence-electron chi connectivity index (χ3n) is 11.6. The van der Waals surface area contributed by atoms with Gasteiger partial charge in [-0.15, -0.1) is 24.7 Å². The molecule has 3 rings (SSSR count). The van der Waals surface area contributed by atoms with Crippen molar-refractivity contribution in [1.82, 2.24) is 4.98 Å². The molecule has 1 aromatic carbocycles. The Kier molecular flexibility index (Phi) is 19.0. The van der Waals surface area contributed by atoms with Crippen LogP contribution in [0.2, 0.25) is 0 Å². The Morgan fingerprint density at radius 2 is 1.54 bits per heavy atom. The van der Waals surface area contributed by atoms with Crippen molar-refractivity contribution in [3.05, 3.63) is 71.1 Å². The van der Waals surface area contributed by atoms with Crippen molar-refractivity contribution in [2.45, 2.75) is 150 Å². The van der Waals surface area contributed by atoms with Gasteiger partial charge >= 0.3 is 17.9 Å². The van der Waals surface area contributed by atoms with Gasteiger partial charge in [0, 0.05) is 36.6 Å². The molecule has 1 saturated carbocycles. The predicted molar refractivity (Wildman–Crippen MR) is 219 cm³/mol. The molecule has 310 valence electrons. The number of unbranched alkanes of at least 4 members (excludes halogenated alkanes) is 1. The summed E-state index contributed by atoms with van der Waals surface area (Å²) in [5, 5.41) is 32.0. The van der Waals surface area contributed by atoms with Gasteiger partial charge in [0.1, 0.15) is 13.2 Å². The highest BCUT2D eigenvalue weighted by Gasteiger charge is 2.40. The van der Waals surface area contributed by atoms with Crippen LogP contribution in [0.4, 0.5) is 0 Å². The van der Waals surface area contributed by atoms with E-state index in [4.69, 9.17) is 27.1 Å². The molecule has 0 aliphatic heterocycles. The minimum absolute atomic E-state index is 0.0908. The maximum absolute atomic E-state index is 13.2. The van der Waals surface area contributed by atoms with Gasteiger partial charge in [0.05, 0.1) is 34.8 Å². The van der Waals surface area contributed by atoms with Gasteiger partial charge in [-0.3, -0.25) is 19.4 Å². The SMILES string of the molecule is C#CCC(C)(CC)C(=O)OCc1cnc(C)c(OC(=O)CCC/C=C\C[C@@H]2[C@@H](CC[C@@H](O)CCc3ccccc3)[C@H](O)C[C@@H]2O)c1COC(=O)C(C)(CC)CC#C. The van der Waals surface area contributed by atoms with Crippen LogP contribution >= 0.6 is 0 Å². The van der Waals surface area contributed by atoms with Gasteiger partial charge < -0.3 is 29.5 Å². The number of hydrogen-bond acceptors (Lipinski definition) is 10. The lowest BCUT2D eigenvalue weighted by atomic mass is 9.84. The van der Waals surface area contributed by atoms with Crippen molar-refractivity contribution < 1.29 is 43.9 Å². The molecule has 1 heterocycles. The van der Waals surface area contributed by atoms with Gasteiger partial charge in [-0.1, -0.05) is 56.3 Å². The second-order valence-electron chi connectivity index (χ2n) is 15.9. The van der Waals surface area contributed by atoms with Crippen LogP contribution in [0.1, 0.15) is 127 Å². The Morgan fingerprint density at radius 3 is 2.16 bits per heavy atom. The predicted octanol–water partition coefficient (Wildman–Crippen LogP) is 7.51. The van der Waals surface area contributed by atoms with E-state index >= 15 is 0 Å². The first-order chi connectivity index (χ1) is 27.2. The first kappa shape index (κ1) is 46.9. The highest BCUT2D eigenvalue weighted by atomic mass is 16.6. The minimum Gasteiger partial charge on any atom is -0.460 e. The number of hydrogen-bond donors (Lipinski definition) is 3. The van der Waals surface area contributed by atoms with E-state index in [1.165, 1.54) is 11.8 Å². The zero-order valence-corrected chi connectivity index (χ0v) is 34.5. The summed E-state index contributed by atoms with van der Waals surface area (Å²) in [7, 11) is 0. The molecule has 2 unspecified atom stereocenters. The molecule has 0 bridgehead atoms. The van der Waals surface area contributed by atoms with E-state index in [-0.39, 0.29) is 50.1 Å². The van der Waals surface area contributed by atoms with E-state index < -0.39 is 47.0 Å². The van der Waals surface area contributed by atoms with Crippen molar-refractivity contribution in [2.75, 3.05) is 0 Å². The molecule has 10 nitrogen and oxygen atoms in total. The number of ether oxygens (including phenoxy) is 3. The number of carbonyl (C=O) groups excluding carboxylic acids is 3. The number of aromatic nitrogens is 1. The normalized spacial score (nSPS) is 20.5. The zero-order chi connectivity index (χ0) is 42.0. The maximum atomic E-state index is 13.2. The van der Waals surface area contributed by atoms with Crippen LogP contribution in [0.15, 0.2) is 48.7 Å². The second kappa shape index (κ2) is 23.1. The van der Waals surface area contributed by atoms with Gasteiger partial charge in [0.25, 0.3) is 0 Å². The first-order valence-corrected chi connectivity index (χ1v) is 20.3. The minimum atomic E-state index is -0.909. The third-order valence-corrected chi connectivity index (χ3v) is 11.6. The highest BCUT2D eigenvalue weighted by Crippen LogP contribution is 2.39. The average molecular weight is 786 g/mol. The molecule has 0 saturated heterocycles. The molecule has 1 aliphatic carbocycles. The van der Waals surface area contributed by atoms with Crippen LogP contribution < -0.4 is 4.74 Å². The summed E-state index contributed by atoms with van der Waals surface area (Å²) in [5.41, 5.74) is 0.564. The number of esters is 3. The summed E-state index contributed by atoms with van der Waals surface area (Å²) < 4.78 is 17.3. The number of nitrogens with zero attached hydrogens (tertiary/aromatic N) is 1. The number of carbonyl (C=O) groups is 3. The number of rotatable bonds is 23. The zero-order valence-electron chi connectivity index (χ0n) is 34.5. The number of aliphatic hydroxyl groups excluding tert-OH is 3. The van der Waals surface area contributed by atoms with Gasteiger partial charge in [-0.2, -0.15) is 0 Å². The van der Waals surface area contributed by atoms with Crippen molar-refractivity contribution in [3.8, 4) is 30.4 Å². The van der Waals surface area contributed by atoms with Crippen LogP contribution in [0.25, 0.3) is 0 Å². The summed E-state index contributed by atoms with van der Waals surface area (Å²) >= 11 is 0. The molecule has 0 spiro atoms. The van der Waals surface area contributed by atoms with E-state index in [1.807, 2.05) is 56.3 Å². The summed E-state index contributed by atoms with van der Waals surface area (Å²) in [5.74, 6) is 3.51. The highest BCUT2D eigenvalue weighted by molar-refractivity contribution is 5.78. The van der Waals surface area contributed by atoms with Crippen LogP contribution in [0, 0.1) is 54.3 Å². The van der Waals surface area contributed by atoms with E-state index in [1.54, 1.807) is 20.8 Å². The van der Waals surface area contributed by atoms with Gasteiger partial charge in [0.2, 0.25) is 0 Å². The fourth-order valence-electron chi connectivity index (χ4n) is 7.17. The smallest absolute Gasteiger partial charge is 0.313 e. The van der Waals surface area contributed by atoms with Gasteiger partial charge in [-0.05, 0) is 102 Å². The Labute approximate surface area is 339 Å². The lowest BCUT2D eigenvalue weighted by Crippen LogP contribution is -2.30. The van der Waals surface area contributed by atoms with Gasteiger partial charge in [-0.25, -0.2) is 0 Å². The molecule has 0 amide bonds. The molecular weight excluding hydrogens is 723 g/mol. The Hall–Kier alpha value is -4.48. The van der Waals surface area contributed by atoms with E-state index in [0.717, 1.165) is 6.42 Å². The number of allylic oxidation sites excluding steroid dienone is 2. The number of benzene rings is 1. The van der Waals surface area contributed by atoms with Crippen molar-refractivity contribution in [3.63, 3.8) is 0 Å². The fourth-order valence-corrected chi connectivity index (χ4v) is 7.17. The maximum Gasteiger partial charge on any atom is 0.313 e. The van der Waals surface area contributed by atoms with Crippen LogP contribution in [0.5, 0.6) is 5.75 Å². The summed E-state index contributed by atoms with van der Waals surface area (Å²) in [6.07, 6.45) is 20.8. The Morgan fingerprint density at radius 1 is 0.930 bits per heavy atom. The molecule has 2 aromatic rings. The largest absolute Gasteiger partial charge is 0.460 e. The summed E-state index contributed by atoms with van der Waals surface area (Å²) in [4.78, 5) is 43.9. The lowest BCUT2D eigenvalue weighted by molar-refractivity contribution is -0.158. The fraction of sp³-hybridized carbons (Fsp3) is 0.574. The van der Waals surface area contributed by atoms with E-state index in [2.05, 4.69) is 16.8 Å². The van der Waals surface area contributed by atoms with Crippen LogP contribution in [0.3, 0.4) is 0 Å². The number of pyridine rings is 1. The standard InChI is InChI=1S/C47H63NO9/c1-8-27-46(6,10-3)44(53)55-31-35-30-48-33(5)43(39(35)32-56-45(54)47(7,11-4)28-9-2)57-42(52)22-18-13-12-17-21-37-38(41(51)29-40(37)50)26-25-36(49)24-23-34-19-15-14-16-20-34/h1-2,12,14-17,19-20,30,36-38,40-41,49-51H,10-11,13,18,21-29,31-32H2,3-7H3/b17-12-/t36-,37+,38+,40-,41+,46?,47?/m0/s1. The lowest BCUT2D eigenvalue weighted by Gasteiger charge is -2.25. The summed E-state index contributed by atoms with van der Waals surface area (Å²) in [6, 6.07) is 10.0. The molecule has 1 fully saturated rings. The first-order valence-electron chi connectivity index (χ1n) is 20.3. The third kappa shape index (κ3) is 13.8. The van der Waals surface area contributed by atoms with Gasteiger partial charge in [0.15, 0.2) is 5.75 Å². The molecular formula is C47H63NO9. The molecule has 7 atom stereocenters. The van der Waals surface area contributed by atoms with E-state index in [9.17, 15) is 29.7 Å². The molecule has 3 N–H and O–H groups in total. The summed E-state index contributed by atoms with van der Waals surface area (Å²) in [6.45, 7) is 8.40. The Balaban J connectivity index is 1.61. The molecule has 1 aliphatic rings. The monoisotopic (exact) mass is 785 g/mol. The second-order valence-corrected chi connectivity index (χ2v) is 15.9. The van der Waals surface area contributed by atoms with Crippen LogP contribution in [-0.4, -0.2) is 56.5 Å². The molecule has 57 heavy (non-hydrogen) atoms. The Bertz CT molecular complexity index is 1730. The number of aryl methyl sites for hydroxylation is 2. The average Bonchev–Trinajstić information content (AvgIpc) is 3.47. The van der Waals surface area contributed by atoms with Crippen molar-refractivity contribution >= 4 is 17.9 Å². The molecule has 1 aromatic heterocycles. The quantitative estimate of drug-likeness (QED) is 0.0447. The molecule has 10 heteroatoms. The molecule has 0 radical (unpaired) electrons. The van der Waals surface area contributed by atoms with Crippen molar-refractivity contribution in [1.29, 1.82) is 0 Å².